The van der Waals surface area contributed by atoms with E-state index in [1.807, 2.05) is 14.1 Å². The van der Waals surface area contributed by atoms with E-state index in [-0.39, 0.29) is 5.95 Å². The van der Waals surface area contributed by atoms with Crippen LogP contribution in [0.2, 0.25) is 0 Å². The highest BCUT2D eigenvalue weighted by Crippen LogP contribution is 2.09. The predicted molar refractivity (Wildman–Crippen MR) is 84.1 cm³/mol. The van der Waals surface area contributed by atoms with Crippen molar-refractivity contribution in [3.8, 4) is 0 Å². The Morgan fingerprint density at radius 1 is 1.10 bits per heavy atom. The second-order valence-corrected chi connectivity index (χ2v) is 5.42. The fraction of sp³-hybridized carbons (Fsp3) is 0.769. The molecule has 0 aliphatic carbocycles. The summed E-state index contributed by atoms with van der Waals surface area (Å²) in [6.45, 7) is 6.34. The molecule has 0 fully saturated rings. The van der Waals surface area contributed by atoms with Crippen LogP contribution in [0.15, 0.2) is 0 Å². The summed E-state index contributed by atoms with van der Waals surface area (Å²) in [4.78, 5) is 16.6. The van der Waals surface area contributed by atoms with Gasteiger partial charge in [-0.15, -0.1) is 0 Å². The first-order chi connectivity index (χ1) is 9.40. The van der Waals surface area contributed by atoms with Gasteiger partial charge in [-0.25, -0.2) is 0 Å². The van der Waals surface area contributed by atoms with Gasteiger partial charge >= 0.3 is 0 Å². The van der Waals surface area contributed by atoms with Crippen LogP contribution in [0.25, 0.3) is 0 Å². The summed E-state index contributed by atoms with van der Waals surface area (Å²) in [7, 11) is 5.90. The van der Waals surface area contributed by atoms with Crippen molar-refractivity contribution in [2.45, 2.75) is 32.7 Å². The number of rotatable bonds is 8. The lowest BCUT2D eigenvalue weighted by atomic mass is 10.2. The molecular formula is C13H27N7. The van der Waals surface area contributed by atoms with Crippen LogP contribution < -0.4 is 16.0 Å². The van der Waals surface area contributed by atoms with Crippen molar-refractivity contribution in [3.63, 3.8) is 0 Å². The number of aromatic nitrogens is 3. The van der Waals surface area contributed by atoms with Crippen LogP contribution in [0, 0.1) is 0 Å². The van der Waals surface area contributed by atoms with Crippen molar-refractivity contribution < 1.29 is 0 Å². The molecule has 7 heteroatoms. The molecule has 0 aliphatic heterocycles. The Bertz CT molecular complexity index is 406. The van der Waals surface area contributed by atoms with Gasteiger partial charge < -0.3 is 20.9 Å². The van der Waals surface area contributed by atoms with Crippen LogP contribution in [0.3, 0.4) is 0 Å². The zero-order valence-electron chi connectivity index (χ0n) is 13.2. The normalized spacial score (nSPS) is 11.2. The lowest BCUT2D eigenvalue weighted by Gasteiger charge is -2.20. The van der Waals surface area contributed by atoms with Gasteiger partial charge in [-0.2, -0.15) is 15.0 Å². The van der Waals surface area contributed by atoms with E-state index in [1.165, 1.54) is 0 Å². The van der Waals surface area contributed by atoms with Crippen LogP contribution in [-0.4, -0.2) is 60.1 Å². The Labute approximate surface area is 121 Å². The summed E-state index contributed by atoms with van der Waals surface area (Å²) >= 11 is 0. The molecule has 0 radical (unpaired) electrons. The molecule has 0 amide bonds. The Morgan fingerprint density at radius 2 is 1.80 bits per heavy atom. The van der Waals surface area contributed by atoms with Gasteiger partial charge in [0.2, 0.25) is 17.8 Å². The Morgan fingerprint density at radius 3 is 2.40 bits per heavy atom. The van der Waals surface area contributed by atoms with Crippen molar-refractivity contribution in [2.24, 2.45) is 0 Å². The number of hydrogen-bond acceptors (Lipinski definition) is 7. The highest BCUT2D eigenvalue weighted by molar-refractivity contribution is 5.40. The summed E-state index contributed by atoms with van der Waals surface area (Å²) in [5.74, 6) is 1.35. The molecule has 7 nitrogen and oxygen atoms in total. The van der Waals surface area contributed by atoms with Gasteiger partial charge in [0.05, 0.1) is 0 Å². The maximum absolute atomic E-state index is 5.67. The predicted octanol–water partition coefficient (Wildman–Crippen LogP) is 1.05. The fourth-order valence-corrected chi connectivity index (χ4v) is 1.60. The molecule has 3 N–H and O–H groups in total. The van der Waals surface area contributed by atoms with Gasteiger partial charge in [0.1, 0.15) is 0 Å². The van der Waals surface area contributed by atoms with Crippen molar-refractivity contribution in [2.75, 3.05) is 50.2 Å². The molecule has 0 atom stereocenters. The molecule has 20 heavy (non-hydrogen) atoms. The number of nitrogen functional groups attached to an aromatic ring is 1. The van der Waals surface area contributed by atoms with E-state index in [1.54, 1.807) is 4.90 Å². The first kappa shape index (κ1) is 16.4. The van der Waals surface area contributed by atoms with Gasteiger partial charge in [-0.3, -0.25) is 0 Å². The number of nitrogens with one attached hydrogen (secondary N) is 1. The van der Waals surface area contributed by atoms with Crippen LogP contribution in [-0.2, 0) is 0 Å². The van der Waals surface area contributed by atoms with Crippen molar-refractivity contribution in [1.82, 2.24) is 19.9 Å². The third kappa shape index (κ3) is 5.56. The van der Waals surface area contributed by atoms with E-state index in [0.717, 1.165) is 25.9 Å². The number of nitrogens with two attached hydrogens (primary N) is 1. The molecule has 0 spiro atoms. The molecule has 0 saturated heterocycles. The standard InChI is InChI=1S/C13H27N7/c1-10(2)20(5)9-7-6-8-15-12-16-11(14)17-13(18-12)19(3)4/h10H,6-9H2,1-5H3,(H3,14,15,16,17,18). The summed E-state index contributed by atoms with van der Waals surface area (Å²) in [5, 5.41) is 3.20. The SMILES string of the molecule is CC(C)N(C)CCCCNc1nc(N)nc(N(C)C)n1. The maximum Gasteiger partial charge on any atom is 0.231 e. The lowest BCUT2D eigenvalue weighted by molar-refractivity contribution is 0.269. The summed E-state index contributed by atoms with van der Waals surface area (Å²) in [6, 6.07) is 0.592. The molecule has 1 heterocycles. The number of anilines is 3. The highest BCUT2D eigenvalue weighted by atomic mass is 15.3. The molecule has 0 aromatic carbocycles. The minimum atomic E-state index is 0.241. The summed E-state index contributed by atoms with van der Waals surface area (Å²) in [6.07, 6.45) is 2.21. The Kier molecular flexibility index (Phi) is 6.44. The van der Waals surface area contributed by atoms with E-state index in [9.17, 15) is 0 Å². The quantitative estimate of drug-likeness (QED) is 0.689. The lowest BCUT2D eigenvalue weighted by Crippen LogP contribution is -2.27. The van der Waals surface area contributed by atoms with Gasteiger partial charge in [0.25, 0.3) is 0 Å². The first-order valence-corrected chi connectivity index (χ1v) is 7.03. The van der Waals surface area contributed by atoms with Crippen LogP contribution >= 0.6 is 0 Å². The maximum atomic E-state index is 5.67. The Hall–Kier alpha value is -1.63. The van der Waals surface area contributed by atoms with Gasteiger partial charge in [-0.1, -0.05) is 0 Å². The van der Waals surface area contributed by atoms with Crippen LogP contribution in [0.5, 0.6) is 0 Å². The van der Waals surface area contributed by atoms with Gasteiger partial charge in [-0.05, 0) is 40.3 Å². The molecule has 0 unspecified atom stereocenters. The first-order valence-electron chi connectivity index (χ1n) is 7.03. The van der Waals surface area contributed by atoms with E-state index < -0.39 is 0 Å². The second-order valence-electron chi connectivity index (χ2n) is 5.42. The smallest absolute Gasteiger partial charge is 0.231 e. The number of unbranched alkanes of at least 4 members (excludes halogenated alkanes) is 1. The summed E-state index contributed by atoms with van der Waals surface area (Å²) in [5.41, 5.74) is 5.67. The van der Waals surface area contributed by atoms with Crippen LogP contribution in [0.1, 0.15) is 26.7 Å². The zero-order chi connectivity index (χ0) is 15.1. The average Bonchev–Trinajstić information content (AvgIpc) is 2.37. The molecule has 114 valence electrons. The number of nitrogens with zero attached hydrogens (tertiary/aromatic N) is 5. The second kappa shape index (κ2) is 7.84. The zero-order valence-corrected chi connectivity index (χ0v) is 13.2. The largest absolute Gasteiger partial charge is 0.368 e. The number of hydrogen-bond donors (Lipinski definition) is 2. The minimum absolute atomic E-state index is 0.241. The van der Waals surface area contributed by atoms with E-state index >= 15 is 0 Å². The van der Waals surface area contributed by atoms with Crippen molar-refractivity contribution in [1.29, 1.82) is 0 Å². The molecule has 1 aromatic rings. The monoisotopic (exact) mass is 281 g/mol. The van der Waals surface area contributed by atoms with Crippen LogP contribution in [0.4, 0.5) is 17.8 Å². The average molecular weight is 281 g/mol. The van der Waals surface area contributed by atoms with E-state index in [4.69, 9.17) is 5.73 Å². The van der Waals surface area contributed by atoms with Gasteiger partial charge in [0, 0.05) is 26.7 Å². The molecule has 1 aromatic heterocycles. The molecule has 0 saturated carbocycles. The van der Waals surface area contributed by atoms with Gasteiger partial charge in [0.15, 0.2) is 0 Å². The highest BCUT2D eigenvalue weighted by Gasteiger charge is 2.06. The molecule has 0 bridgehead atoms. The fourth-order valence-electron chi connectivity index (χ4n) is 1.60. The third-order valence-corrected chi connectivity index (χ3v) is 3.14. The Balaban J connectivity index is 2.35. The third-order valence-electron chi connectivity index (χ3n) is 3.14. The molecular weight excluding hydrogens is 254 g/mol. The van der Waals surface area contributed by atoms with E-state index in [2.05, 4.69) is 46.1 Å². The molecule has 0 aliphatic rings. The van der Waals surface area contributed by atoms with Crippen molar-refractivity contribution in [3.05, 3.63) is 0 Å². The minimum Gasteiger partial charge on any atom is -0.368 e. The summed E-state index contributed by atoms with van der Waals surface area (Å²) < 4.78 is 0. The van der Waals surface area contributed by atoms with E-state index in [0.29, 0.717) is 17.9 Å². The van der Waals surface area contributed by atoms with Crippen molar-refractivity contribution >= 4 is 17.8 Å². The topological polar surface area (TPSA) is 83.2 Å². The molecule has 1 rings (SSSR count).